The van der Waals surface area contributed by atoms with E-state index in [-0.39, 0.29) is 23.6 Å². The Hall–Kier alpha value is -1.93. The second-order valence-corrected chi connectivity index (χ2v) is 8.12. The molecular weight excluding hydrogens is 350 g/mol. The normalized spacial score (nSPS) is 22.4. The van der Waals surface area contributed by atoms with Crippen LogP contribution in [0.1, 0.15) is 42.9 Å². The predicted molar refractivity (Wildman–Crippen MR) is 102 cm³/mol. The summed E-state index contributed by atoms with van der Waals surface area (Å²) >= 11 is 1.85. The van der Waals surface area contributed by atoms with Gasteiger partial charge in [0.25, 0.3) is 5.56 Å². The highest BCUT2D eigenvalue weighted by molar-refractivity contribution is 7.98. The van der Waals surface area contributed by atoms with Crippen molar-refractivity contribution in [1.82, 2.24) is 19.7 Å². The van der Waals surface area contributed by atoms with Crippen molar-refractivity contribution in [2.75, 3.05) is 24.3 Å². The molecule has 8 heteroatoms. The van der Waals surface area contributed by atoms with Gasteiger partial charge in [0.15, 0.2) is 0 Å². The van der Waals surface area contributed by atoms with Crippen LogP contribution in [0.25, 0.3) is 0 Å². The van der Waals surface area contributed by atoms with E-state index in [1.54, 1.807) is 16.9 Å². The molecule has 1 fully saturated rings. The largest absolute Gasteiger partial charge is 0.377 e. The van der Waals surface area contributed by atoms with Gasteiger partial charge in [0.2, 0.25) is 0 Å². The summed E-state index contributed by atoms with van der Waals surface area (Å²) in [5, 5.41) is 8.08. The van der Waals surface area contributed by atoms with Crippen molar-refractivity contribution in [2.45, 2.75) is 44.0 Å². The van der Waals surface area contributed by atoms with Crippen LogP contribution in [0, 0.1) is 0 Å². The van der Waals surface area contributed by atoms with Crippen LogP contribution in [0.15, 0.2) is 23.1 Å². The molecule has 26 heavy (non-hydrogen) atoms. The standard InChI is InChI=1S/C18H23N5O2S/c1-11(2)18-19-5-3-16(21-18)20-14-8-25-9-15(14)23-17(24)7-12-10-26-6-4-13(12)22-23/h3,5,7,11,14-15H,4,6,8-10H2,1-2H3,(H,19,20,21). The molecule has 2 aromatic heterocycles. The first kappa shape index (κ1) is 17.5. The highest BCUT2D eigenvalue weighted by Gasteiger charge is 2.32. The van der Waals surface area contributed by atoms with Gasteiger partial charge in [-0.25, -0.2) is 14.6 Å². The monoisotopic (exact) mass is 373 g/mol. The smallest absolute Gasteiger partial charge is 0.267 e. The van der Waals surface area contributed by atoms with E-state index in [2.05, 4.69) is 34.2 Å². The van der Waals surface area contributed by atoms with Crippen LogP contribution in [0.4, 0.5) is 5.82 Å². The van der Waals surface area contributed by atoms with E-state index in [0.717, 1.165) is 40.8 Å². The minimum Gasteiger partial charge on any atom is -0.377 e. The highest BCUT2D eigenvalue weighted by atomic mass is 32.2. The lowest BCUT2D eigenvalue weighted by Crippen LogP contribution is -2.38. The zero-order valence-corrected chi connectivity index (χ0v) is 15.8. The highest BCUT2D eigenvalue weighted by Crippen LogP contribution is 2.25. The van der Waals surface area contributed by atoms with Crippen molar-refractivity contribution < 1.29 is 4.74 Å². The van der Waals surface area contributed by atoms with E-state index in [1.807, 2.05) is 17.8 Å². The molecule has 4 heterocycles. The second kappa shape index (κ2) is 7.36. The van der Waals surface area contributed by atoms with E-state index in [1.165, 1.54) is 0 Å². The molecule has 0 radical (unpaired) electrons. The molecule has 2 atom stereocenters. The Labute approximate surface area is 156 Å². The van der Waals surface area contributed by atoms with Gasteiger partial charge in [-0.15, -0.1) is 0 Å². The molecule has 0 aromatic carbocycles. The van der Waals surface area contributed by atoms with Gasteiger partial charge in [-0.3, -0.25) is 4.79 Å². The molecular formula is C18H23N5O2S. The number of nitrogens with zero attached hydrogens (tertiary/aromatic N) is 4. The third kappa shape index (κ3) is 3.48. The molecule has 0 spiro atoms. The fourth-order valence-electron chi connectivity index (χ4n) is 3.31. The minimum absolute atomic E-state index is 0.0499. The van der Waals surface area contributed by atoms with Crippen molar-refractivity contribution in [3.8, 4) is 0 Å². The number of nitrogens with one attached hydrogen (secondary N) is 1. The number of hydrogen-bond acceptors (Lipinski definition) is 7. The molecule has 2 aliphatic rings. The Morgan fingerprint density at radius 2 is 2.27 bits per heavy atom. The van der Waals surface area contributed by atoms with Crippen LogP contribution in [0.3, 0.4) is 0 Å². The first-order valence-electron chi connectivity index (χ1n) is 8.98. The summed E-state index contributed by atoms with van der Waals surface area (Å²) in [6, 6.07) is 3.40. The quantitative estimate of drug-likeness (QED) is 0.878. The average Bonchev–Trinajstić information content (AvgIpc) is 3.09. The molecule has 0 bridgehead atoms. The summed E-state index contributed by atoms with van der Waals surface area (Å²) < 4.78 is 7.26. The number of aryl methyl sites for hydroxylation is 1. The van der Waals surface area contributed by atoms with Crippen molar-refractivity contribution in [3.05, 3.63) is 45.8 Å². The van der Waals surface area contributed by atoms with Crippen LogP contribution in [0.5, 0.6) is 0 Å². The lowest BCUT2D eigenvalue weighted by molar-refractivity contribution is 0.182. The molecule has 0 aliphatic carbocycles. The van der Waals surface area contributed by atoms with Crippen molar-refractivity contribution in [2.24, 2.45) is 0 Å². The molecule has 4 rings (SSSR count). The molecule has 7 nitrogen and oxygen atoms in total. The molecule has 2 aromatic rings. The van der Waals surface area contributed by atoms with Gasteiger partial charge < -0.3 is 10.1 Å². The Kier molecular flexibility index (Phi) is 4.95. The zero-order valence-electron chi connectivity index (χ0n) is 15.0. The third-order valence-corrected chi connectivity index (χ3v) is 5.76. The topological polar surface area (TPSA) is 81.9 Å². The fraction of sp³-hybridized carbons (Fsp3) is 0.556. The van der Waals surface area contributed by atoms with E-state index in [9.17, 15) is 4.79 Å². The Bertz CT molecular complexity index is 854. The number of thioether (sulfide) groups is 1. The van der Waals surface area contributed by atoms with Crippen molar-refractivity contribution in [3.63, 3.8) is 0 Å². The summed E-state index contributed by atoms with van der Waals surface area (Å²) in [5.74, 6) is 3.74. The third-order valence-electron chi connectivity index (χ3n) is 4.75. The van der Waals surface area contributed by atoms with Gasteiger partial charge in [0.1, 0.15) is 17.7 Å². The molecule has 0 saturated carbocycles. The van der Waals surface area contributed by atoms with Crippen LogP contribution >= 0.6 is 11.8 Å². The molecule has 1 saturated heterocycles. The second-order valence-electron chi connectivity index (χ2n) is 7.01. The van der Waals surface area contributed by atoms with Crippen LogP contribution in [-0.2, 0) is 16.9 Å². The van der Waals surface area contributed by atoms with E-state index < -0.39 is 0 Å². The number of fused-ring (bicyclic) bond motifs is 1. The van der Waals surface area contributed by atoms with Gasteiger partial charge in [-0.05, 0) is 17.4 Å². The number of aromatic nitrogens is 4. The summed E-state index contributed by atoms with van der Waals surface area (Å²) in [5.41, 5.74) is 2.06. The Morgan fingerprint density at radius 3 is 3.12 bits per heavy atom. The molecule has 138 valence electrons. The van der Waals surface area contributed by atoms with Crippen LogP contribution in [0.2, 0.25) is 0 Å². The van der Waals surface area contributed by atoms with Crippen LogP contribution in [-0.4, -0.2) is 44.8 Å². The maximum absolute atomic E-state index is 12.6. The first-order chi connectivity index (χ1) is 12.6. The summed E-state index contributed by atoms with van der Waals surface area (Å²) in [6.45, 7) is 5.12. The first-order valence-corrected chi connectivity index (χ1v) is 10.1. The lowest BCUT2D eigenvalue weighted by Gasteiger charge is -2.23. The lowest BCUT2D eigenvalue weighted by atomic mass is 10.1. The zero-order chi connectivity index (χ0) is 18.1. The van der Waals surface area contributed by atoms with Gasteiger partial charge in [-0.1, -0.05) is 13.8 Å². The number of anilines is 1. The van der Waals surface area contributed by atoms with E-state index in [4.69, 9.17) is 4.74 Å². The van der Waals surface area contributed by atoms with Gasteiger partial charge in [0, 0.05) is 30.4 Å². The minimum atomic E-state index is -0.139. The van der Waals surface area contributed by atoms with Gasteiger partial charge in [-0.2, -0.15) is 16.9 Å². The maximum atomic E-state index is 12.6. The molecule has 1 N–H and O–H groups in total. The number of ether oxygens (including phenoxy) is 1. The van der Waals surface area contributed by atoms with Crippen molar-refractivity contribution in [1.29, 1.82) is 0 Å². The van der Waals surface area contributed by atoms with E-state index >= 15 is 0 Å². The fourth-order valence-corrected chi connectivity index (χ4v) is 4.26. The maximum Gasteiger partial charge on any atom is 0.267 e. The predicted octanol–water partition coefficient (Wildman–Crippen LogP) is 2.00. The summed E-state index contributed by atoms with van der Waals surface area (Å²) in [4.78, 5) is 21.5. The molecule has 0 amide bonds. The van der Waals surface area contributed by atoms with Crippen LogP contribution < -0.4 is 10.9 Å². The van der Waals surface area contributed by atoms with Gasteiger partial charge in [0.05, 0.1) is 24.9 Å². The van der Waals surface area contributed by atoms with Crippen molar-refractivity contribution >= 4 is 17.6 Å². The summed E-state index contributed by atoms with van der Waals surface area (Å²) in [7, 11) is 0. The van der Waals surface area contributed by atoms with E-state index in [0.29, 0.717) is 13.2 Å². The summed E-state index contributed by atoms with van der Waals surface area (Å²) in [6.07, 6.45) is 2.67. The number of rotatable bonds is 4. The Morgan fingerprint density at radius 1 is 1.38 bits per heavy atom. The number of hydrogen-bond donors (Lipinski definition) is 1. The molecule has 2 unspecified atom stereocenters. The SMILES string of the molecule is CC(C)c1nccc(NC2COCC2n2nc3c(cc2=O)CSCC3)n1. The van der Waals surface area contributed by atoms with Gasteiger partial charge >= 0.3 is 0 Å². The average molecular weight is 373 g/mol. The Balaban J connectivity index is 1.59. The molecule has 2 aliphatic heterocycles.